The summed E-state index contributed by atoms with van der Waals surface area (Å²) in [6.45, 7) is 7.26. The lowest BCUT2D eigenvalue weighted by Crippen LogP contribution is -2.02. The van der Waals surface area contributed by atoms with Crippen LogP contribution < -0.4 is 5.73 Å². The fourth-order valence-corrected chi connectivity index (χ4v) is 1.01. The van der Waals surface area contributed by atoms with Gasteiger partial charge in [-0.1, -0.05) is 12.2 Å². The summed E-state index contributed by atoms with van der Waals surface area (Å²) < 4.78 is 0. The van der Waals surface area contributed by atoms with E-state index in [0.717, 1.165) is 17.8 Å². The van der Waals surface area contributed by atoms with E-state index >= 15 is 0 Å². The molecule has 0 spiro atoms. The topological polar surface area (TPSA) is 51.8 Å². The number of nitrogen functional groups attached to an aromatic ring is 1. The van der Waals surface area contributed by atoms with Gasteiger partial charge in [0.1, 0.15) is 5.82 Å². The number of aromatic nitrogens is 2. The van der Waals surface area contributed by atoms with E-state index in [4.69, 9.17) is 5.73 Å². The number of allylic oxidation sites excluding steroid dienone is 2. The molecule has 0 aromatic carbocycles. The van der Waals surface area contributed by atoms with Crippen molar-refractivity contribution in [2.45, 2.75) is 12.8 Å². The summed E-state index contributed by atoms with van der Waals surface area (Å²) in [5, 5.41) is 0. The van der Waals surface area contributed by atoms with Gasteiger partial charge in [-0.2, -0.15) is 0 Å². The van der Waals surface area contributed by atoms with Crippen LogP contribution in [0.3, 0.4) is 0 Å². The molecule has 1 aromatic heterocycles. The second kappa shape index (κ2) is 4.40. The zero-order valence-electron chi connectivity index (χ0n) is 7.53. The van der Waals surface area contributed by atoms with Crippen LogP contribution in [0.5, 0.6) is 0 Å². The Kier molecular flexibility index (Phi) is 3.20. The zero-order chi connectivity index (χ0) is 9.68. The van der Waals surface area contributed by atoms with Crippen LogP contribution in [0, 0.1) is 0 Å². The Hall–Kier alpha value is -1.64. The first-order valence-corrected chi connectivity index (χ1v) is 4.10. The highest BCUT2D eigenvalue weighted by atomic mass is 14.9. The maximum absolute atomic E-state index is 5.62. The molecule has 13 heavy (non-hydrogen) atoms. The number of nitrogens with two attached hydrogens (primary N) is 1. The third-order valence-corrected chi connectivity index (χ3v) is 1.62. The highest BCUT2D eigenvalue weighted by Gasteiger charge is 2.01. The van der Waals surface area contributed by atoms with E-state index in [2.05, 4.69) is 23.1 Å². The predicted octanol–water partition coefficient (Wildman–Crippen LogP) is 1.52. The average Bonchev–Trinajstić information content (AvgIpc) is 2.12. The smallest absolute Gasteiger partial charge is 0.145 e. The first-order valence-electron chi connectivity index (χ1n) is 4.10. The van der Waals surface area contributed by atoms with Crippen LogP contribution in [0.1, 0.15) is 11.4 Å². The van der Waals surface area contributed by atoms with Crippen molar-refractivity contribution in [3.63, 3.8) is 0 Å². The molecule has 0 bridgehead atoms. The largest absolute Gasteiger partial charge is 0.382 e. The van der Waals surface area contributed by atoms with Gasteiger partial charge in [-0.25, -0.2) is 4.98 Å². The van der Waals surface area contributed by atoms with E-state index in [-0.39, 0.29) is 0 Å². The second-order valence-corrected chi connectivity index (χ2v) is 2.68. The van der Waals surface area contributed by atoms with Crippen molar-refractivity contribution >= 4 is 5.82 Å². The Morgan fingerprint density at radius 3 is 2.62 bits per heavy atom. The monoisotopic (exact) mass is 175 g/mol. The summed E-state index contributed by atoms with van der Waals surface area (Å²) in [5.74, 6) is 0.479. The van der Waals surface area contributed by atoms with Gasteiger partial charge in [0.15, 0.2) is 0 Å². The fraction of sp³-hybridized carbons (Fsp3) is 0.200. The fourth-order valence-electron chi connectivity index (χ4n) is 1.01. The molecule has 1 heterocycles. The van der Waals surface area contributed by atoms with Crippen LogP contribution in [-0.2, 0) is 12.8 Å². The molecule has 0 radical (unpaired) electrons. The standard InChI is InChI=1S/C10H13N3/c1-3-5-8-7-12-10(11)9(13-8)6-4-2/h3-4,7H,1-2,5-6H2,(H2,11,12). The molecule has 0 amide bonds. The summed E-state index contributed by atoms with van der Waals surface area (Å²) in [4.78, 5) is 8.36. The number of anilines is 1. The lowest BCUT2D eigenvalue weighted by molar-refractivity contribution is 0.987. The third kappa shape index (κ3) is 2.40. The first-order chi connectivity index (χ1) is 6.27. The van der Waals surface area contributed by atoms with Crippen molar-refractivity contribution in [3.8, 4) is 0 Å². The van der Waals surface area contributed by atoms with Gasteiger partial charge in [-0.3, -0.25) is 4.98 Å². The van der Waals surface area contributed by atoms with Crippen LogP contribution >= 0.6 is 0 Å². The highest BCUT2D eigenvalue weighted by Crippen LogP contribution is 2.07. The van der Waals surface area contributed by atoms with E-state index in [1.54, 1.807) is 18.3 Å². The molecule has 2 N–H and O–H groups in total. The second-order valence-electron chi connectivity index (χ2n) is 2.68. The van der Waals surface area contributed by atoms with Crippen LogP contribution in [0.25, 0.3) is 0 Å². The summed E-state index contributed by atoms with van der Waals surface area (Å²) in [5.41, 5.74) is 7.30. The number of hydrogen-bond acceptors (Lipinski definition) is 3. The minimum Gasteiger partial charge on any atom is -0.382 e. The van der Waals surface area contributed by atoms with E-state index in [9.17, 15) is 0 Å². The molecule has 0 atom stereocenters. The molecular formula is C10H13N3. The van der Waals surface area contributed by atoms with Crippen LogP contribution in [0.15, 0.2) is 31.5 Å². The Bertz CT molecular complexity index is 318. The van der Waals surface area contributed by atoms with E-state index < -0.39 is 0 Å². The lowest BCUT2D eigenvalue weighted by Gasteiger charge is -2.02. The van der Waals surface area contributed by atoms with Crippen LogP contribution in [0.4, 0.5) is 5.82 Å². The van der Waals surface area contributed by atoms with E-state index in [1.807, 2.05) is 0 Å². The maximum Gasteiger partial charge on any atom is 0.145 e. The molecule has 3 heteroatoms. The molecule has 0 saturated heterocycles. The van der Waals surface area contributed by atoms with Crippen molar-refractivity contribution in [2.75, 3.05) is 5.73 Å². The van der Waals surface area contributed by atoms with Crippen molar-refractivity contribution < 1.29 is 0 Å². The number of hydrogen-bond donors (Lipinski definition) is 1. The van der Waals surface area contributed by atoms with Crippen molar-refractivity contribution in [3.05, 3.63) is 42.9 Å². The van der Waals surface area contributed by atoms with Gasteiger partial charge < -0.3 is 5.73 Å². The molecule has 0 saturated carbocycles. The molecule has 0 aliphatic rings. The van der Waals surface area contributed by atoms with E-state index in [1.165, 1.54) is 0 Å². The quantitative estimate of drug-likeness (QED) is 0.706. The first kappa shape index (κ1) is 9.45. The Labute approximate surface area is 78.0 Å². The minimum absolute atomic E-state index is 0.479. The summed E-state index contributed by atoms with van der Waals surface area (Å²) >= 11 is 0. The van der Waals surface area contributed by atoms with Crippen LogP contribution in [-0.4, -0.2) is 9.97 Å². The summed E-state index contributed by atoms with van der Waals surface area (Å²) in [7, 11) is 0. The van der Waals surface area contributed by atoms with E-state index in [0.29, 0.717) is 12.2 Å². The normalized spacial score (nSPS) is 9.54. The minimum atomic E-state index is 0.479. The number of rotatable bonds is 4. The van der Waals surface area contributed by atoms with Gasteiger partial charge in [0.05, 0.1) is 17.6 Å². The molecular weight excluding hydrogens is 162 g/mol. The van der Waals surface area contributed by atoms with Gasteiger partial charge in [0.25, 0.3) is 0 Å². The van der Waals surface area contributed by atoms with Gasteiger partial charge in [0, 0.05) is 12.8 Å². The number of nitrogens with zero attached hydrogens (tertiary/aromatic N) is 2. The van der Waals surface area contributed by atoms with Crippen molar-refractivity contribution in [1.82, 2.24) is 9.97 Å². The molecule has 1 rings (SSSR count). The molecule has 3 nitrogen and oxygen atoms in total. The Morgan fingerprint density at radius 1 is 1.31 bits per heavy atom. The third-order valence-electron chi connectivity index (χ3n) is 1.62. The lowest BCUT2D eigenvalue weighted by atomic mass is 10.2. The van der Waals surface area contributed by atoms with Gasteiger partial charge in [0.2, 0.25) is 0 Å². The molecule has 68 valence electrons. The Balaban J connectivity index is 2.95. The van der Waals surface area contributed by atoms with Gasteiger partial charge in [-0.15, -0.1) is 13.2 Å². The average molecular weight is 175 g/mol. The highest BCUT2D eigenvalue weighted by molar-refractivity contribution is 5.35. The van der Waals surface area contributed by atoms with Crippen molar-refractivity contribution in [2.24, 2.45) is 0 Å². The zero-order valence-corrected chi connectivity index (χ0v) is 7.53. The Morgan fingerprint density at radius 2 is 2.00 bits per heavy atom. The predicted molar refractivity (Wildman–Crippen MR) is 54.2 cm³/mol. The van der Waals surface area contributed by atoms with Crippen molar-refractivity contribution in [1.29, 1.82) is 0 Å². The molecule has 0 aliphatic heterocycles. The molecule has 1 aromatic rings. The van der Waals surface area contributed by atoms with Gasteiger partial charge >= 0.3 is 0 Å². The molecule has 0 unspecified atom stereocenters. The summed E-state index contributed by atoms with van der Waals surface area (Å²) in [6.07, 6.45) is 6.60. The SMILES string of the molecule is C=CCc1cnc(N)c(CC=C)n1. The summed E-state index contributed by atoms with van der Waals surface area (Å²) in [6, 6.07) is 0. The molecule has 0 fully saturated rings. The van der Waals surface area contributed by atoms with Crippen LogP contribution in [0.2, 0.25) is 0 Å². The maximum atomic E-state index is 5.62. The van der Waals surface area contributed by atoms with Gasteiger partial charge in [-0.05, 0) is 0 Å². The molecule has 0 aliphatic carbocycles.